The molecule has 1 atom stereocenters. The highest BCUT2D eigenvalue weighted by atomic mass is 14.3. The zero-order valence-electron chi connectivity index (χ0n) is 17.2. The summed E-state index contributed by atoms with van der Waals surface area (Å²) in [5, 5.41) is 0. The van der Waals surface area contributed by atoms with E-state index in [0.717, 1.165) is 12.3 Å². The lowest BCUT2D eigenvalue weighted by Gasteiger charge is -2.27. The summed E-state index contributed by atoms with van der Waals surface area (Å²) in [4.78, 5) is 0. The van der Waals surface area contributed by atoms with Crippen molar-refractivity contribution in [1.82, 2.24) is 0 Å². The number of allylic oxidation sites excluding steroid dienone is 5. The Hall–Kier alpha value is -2.34. The molecule has 0 radical (unpaired) electrons. The van der Waals surface area contributed by atoms with Crippen LogP contribution in [0.5, 0.6) is 0 Å². The molecule has 1 unspecified atom stereocenters. The smallest absolute Gasteiger partial charge is 0.00555 e. The topological polar surface area (TPSA) is 0 Å². The summed E-state index contributed by atoms with van der Waals surface area (Å²) >= 11 is 0. The van der Waals surface area contributed by atoms with Crippen LogP contribution in [0.15, 0.2) is 54.6 Å². The first kappa shape index (κ1) is 17.7. The fourth-order valence-electron chi connectivity index (χ4n) is 5.51. The van der Waals surface area contributed by atoms with Crippen LogP contribution in [0.25, 0.3) is 17.2 Å². The lowest BCUT2D eigenvalue weighted by molar-refractivity contribution is 0.334. The van der Waals surface area contributed by atoms with Gasteiger partial charge in [0.25, 0.3) is 0 Å². The van der Waals surface area contributed by atoms with Crippen LogP contribution in [-0.2, 0) is 0 Å². The van der Waals surface area contributed by atoms with E-state index in [9.17, 15) is 0 Å². The molecule has 0 nitrogen and oxygen atoms in total. The first-order valence-corrected chi connectivity index (χ1v) is 11.0. The van der Waals surface area contributed by atoms with Crippen molar-refractivity contribution in [3.05, 3.63) is 88.0 Å². The van der Waals surface area contributed by atoms with Gasteiger partial charge < -0.3 is 0 Å². The molecule has 0 bridgehead atoms. The molecule has 5 rings (SSSR count). The van der Waals surface area contributed by atoms with Crippen molar-refractivity contribution >= 4 is 17.2 Å². The molecular weight excluding hydrogens is 336 g/mol. The monoisotopic (exact) mass is 366 g/mol. The predicted molar refractivity (Wildman–Crippen MR) is 121 cm³/mol. The number of aryl methyl sites for hydroxylation is 2. The summed E-state index contributed by atoms with van der Waals surface area (Å²) in [6.07, 6.45) is 17.8. The molecule has 28 heavy (non-hydrogen) atoms. The molecule has 0 aromatic heterocycles. The van der Waals surface area contributed by atoms with Gasteiger partial charge >= 0.3 is 0 Å². The maximum Gasteiger partial charge on any atom is 0.00555 e. The van der Waals surface area contributed by atoms with Gasteiger partial charge in [-0.25, -0.2) is 0 Å². The predicted octanol–water partition coefficient (Wildman–Crippen LogP) is 7.86. The number of hydrogen-bond donors (Lipinski definition) is 0. The summed E-state index contributed by atoms with van der Waals surface area (Å²) in [6.45, 7) is 4.37. The molecule has 0 heterocycles. The van der Waals surface area contributed by atoms with Crippen LogP contribution in [0.4, 0.5) is 0 Å². The van der Waals surface area contributed by atoms with Gasteiger partial charge in [0.05, 0.1) is 0 Å². The van der Waals surface area contributed by atoms with Gasteiger partial charge in [0.15, 0.2) is 0 Å². The number of rotatable bonds is 3. The van der Waals surface area contributed by atoms with Gasteiger partial charge in [-0.2, -0.15) is 0 Å². The normalized spacial score (nSPS) is 21.6. The summed E-state index contributed by atoms with van der Waals surface area (Å²) < 4.78 is 0. The highest BCUT2D eigenvalue weighted by Crippen LogP contribution is 2.43. The first-order valence-electron chi connectivity index (χ1n) is 11.0. The molecule has 0 saturated heterocycles. The molecule has 2 aromatic rings. The van der Waals surface area contributed by atoms with Gasteiger partial charge in [0, 0.05) is 5.92 Å². The van der Waals surface area contributed by atoms with Crippen molar-refractivity contribution in [2.75, 3.05) is 0 Å². The summed E-state index contributed by atoms with van der Waals surface area (Å²) in [5.74, 6) is 1.52. The fraction of sp³-hybridized carbons (Fsp3) is 0.357. The third-order valence-corrected chi connectivity index (χ3v) is 6.88. The minimum Gasteiger partial charge on any atom is -0.0761 e. The van der Waals surface area contributed by atoms with Crippen LogP contribution < -0.4 is 0 Å². The average Bonchev–Trinajstić information content (AvgIpc) is 3.35. The molecule has 3 aliphatic rings. The number of hydrogen-bond acceptors (Lipinski definition) is 0. The zero-order valence-corrected chi connectivity index (χ0v) is 17.2. The van der Waals surface area contributed by atoms with Crippen LogP contribution in [0, 0.1) is 19.8 Å². The molecule has 142 valence electrons. The van der Waals surface area contributed by atoms with E-state index in [2.05, 4.69) is 74.5 Å². The third kappa shape index (κ3) is 3.30. The van der Waals surface area contributed by atoms with Crippen molar-refractivity contribution < 1.29 is 0 Å². The SMILES string of the molecule is Cc1cc(C)cc(C2=CCC(c3ccc4c(c3)C=CC4C3CCCCC3)=C2)c1. The lowest BCUT2D eigenvalue weighted by Crippen LogP contribution is -2.13. The van der Waals surface area contributed by atoms with Crippen LogP contribution >= 0.6 is 0 Å². The second-order valence-corrected chi connectivity index (χ2v) is 9.04. The second kappa shape index (κ2) is 7.24. The van der Waals surface area contributed by atoms with E-state index in [1.54, 1.807) is 5.56 Å². The molecule has 1 fully saturated rings. The largest absolute Gasteiger partial charge is 0.0761 e. The average molecular weight is 367 g/mol. The van der Waals surface area contributed by atoms with Crippen molar-refractivity contribution in [1.29, 1.82) is 0 Å². The fourth-order valence-corrected chi connectivity index (χ4v) is 5.51. The number of benzene rings is 2. The Kier molecular flexibility index (Phi) is 4.59. The highest BCUT2D eigenvalue weighted by Gasteiger charge is 2.27. The van der Waals surface area contributed by atoms with Gasteiger partial charge in [0.1, 0.15) is 0 Å². The molecule has 2 aromatic carbocycles. The highest BCUT2D eigenvalue weighted by molar-refractivity contribution is 5.90. The molecule has 0 N–H and O–H groups in total. The third-order valence-electron chi connectivity index (χ3n) is 6.88. The van der Waals surface area contributed by atoms with E-state index in [-0.39, 0.29) is 0 Å². The Morgan fingerprint density at radius 3 is 2.39 bits per heavy atom. The Balaban J connectivity index is 1.39. The summed E-state index contributed by atoms with van der Waals surface area (Å²) in [7, 11) is 0. The van der Waals surface area contributed by atoms with E-state index in [4.69, 9.17) is 0 Å². The molecular formula is C28H30. The molecule has 0 aliphatic heterocycles. The first-order chi connectivity index (χ1) is 13.7. The van der Waals surface area contributed by atoms with E-state index in [1.807, 2.05) is 0 Å². The van der Waals surface area contributed by atoms with Gasteiger partial charge in [-0.1, -0.05) is 85.0 Å². The maximum absolute atomic E-state index is 2.48. The van der Waals surface area contributed by atoms with E-state index in [1.165, 1.54) is 71.1 Å². The van der Waals surface area contributed by atoms with Crippen LogP contribution in [0.1, 0.15) is 77.8 Å². The second-order valence-electron chi connectivity index (χ2n) is 9.04. The number of fused-ring (bicyclic) bond motifs is 1. The Bertz CT molecular complexity index is 972. The minimum atomic E-state index is 0.658. The molecule has 0 spiro atoms. The van der Waals surface area contributed by atoms with E-state index < -0.39 is 0 Å². The van der Waals surface area contributed by atoms with Crippen LogP contribution in [0.2, 0.25) is 0 Å². The van der Waals surface area contributed by atoms with Crippen LogP contribution in [0.3, 0.4) is 0 Å². The quantitative estimate of drug-likeness (QED) is 0.518. The van der Waals surface area contributed by atoms with E-state index >= 15 is 0 Å². The van der Waals surface area contributed by atoms with Gasteiger partial charge in [0.2, 0.25) is 0 Å². The maximum atomic E-state index is 2.48. The van der Waals surface area contributed by atoms with Crippen molar-refractivity contribution in [3.8, 4) is 0 Å². The Morgan fingerprint density at radius 1 is 0.821 bits per heavy atom. The summed E-state index contributed by atoms with van der Waals surface area (Å²) in [5.41, 5.74) is 11.3. The van der Waals surface area contributed by atoms with Gasteiger partial charge in [-0.05, 0) is 78.5 Å². The van der Waals surface area contributed by atoms with Crippen molar-refractivity contribution in [2.24, 2.45) is 5.92 Å². The minimum absolute atomic E-state index is 0.658. The molecule has 1 saturated carbocycles. The lowest BCUT2D eigenvalue weighted by atomic mass is 9.77. The summed E-state index contributed by atoms with van der Waals surface area (Å²) in [6, 6.07) is 14.1. The molecule has 0 amide bonds. The standard InChI is InChI=1S/C28H30/c1-19-14-20(2)16-26(15-19)24-9-8-22(17-24)23-10-12-28-25(18-23)11-13-27(28)21-6-4-3-5-7-21/h9-18,21,27H,3-8H2,1-2H3. The zero-order chi connectivity index (χ0) is 19.1. The van der Waals surface area contributed by atoms with Crippen LogP contribution in [-0.4, -0.2) is 0 Å². The molecule has 3 aliphatic carbocycles. The van der Waals surface area contributed by atoms with Gasteiger partial charge in [-0.15, -0.1) is 0 Å². The Labute approximate surface area is 169 Å². The Morgan fingerprint density at radius 2 is 1.61 bits per heavy atom. The van der Waals surface area contributed by atoms with Gasteiger partial charge in [-0.3, -0.25) is 0 Å². The van der Waals surface area contributed by atoms with E-state index in [0.29, 0.717) is 5.92 Å². The van der Waals surface area contributed by atoms with Crippen molar-refractivity contribution in [3.63, 3.8) is 0 Å². The van der Waals surface area contributed by atoms with Crippen molar-refractivity contribution in [2.45, 2.75) is 58.3 Å². The molecule has 0 heteroatoms.